The number of halogens is 3. The molecule has 2 bridgehead atoms. The predicted molar refractivity (Wildman–Crippen MR) is 142 cm³/mol. The van der Waals surface area contributed by atoms with Gasteiger partial charge in [0.25, 0.3) is 0 Å². The Balaban J connectivity index is 1.62. The molecule has 5 rings (SSSR count). The summed E-state index contributed by atoms with van der Waals surface area (Å²) < 4.78 is 8.43. The first kappa shape index (κ1) is 22.7. The fourth-order valence-electron chi connectivity index (χ4n) is 4.49. The van der Waals surface area contributed by atoms with Crippen molar-refractivity contribution >= 4 is 78.1 Å². The van der Waals surface area contributed by atoms with E-state index >= 15 is 0 Å². The standard InChI is InChI=1S/C24H18Br2ClN3O2S/c1-24-20(22(31)28-16-7-5-15(27)6-8-16)21(18-12-14(26)4-11-19(18)32-24)29-23(33)30(24)17-9-2-13(25)3-10-17/h2-12,20-21H,1H3,(H,28,31)(H,29,33)/t20-,21+,24+/m1/s1. The summed E-state index contributed by atoms with van der Waals surface area (Å²) in [5.41, 5.74) is 1.28. The SMILES string of the molecule is C[C@@]12Oc3ccc(Br)cc3[C@H](NC(=S)N1c1ccc(Br)cc1)[C@@H]2C(=O)Nc1ccc(Cl)cc1. The Hall–Kier alpha value is -2.13. The highest BCUT2D eigenvalue weighted by Crippen LogP contribution is 2.50. The van der Waals surface area contributed by atoms with E-state index in [4.69, 9.17) is 28.6 Å². The summed E-state index contributed by atoms with van der Waals surface area (Å²) in [7, 11) is 0. The average Bonchev–Trinajstić information content (AvgIpc) is 2.77. The Morgan fingerprint density at radius 3 is 2.45 bits per heavy atom. The molecule has 1 saturated heterocycles. The fraction of sp³-hybridized carbons (Fsp3) is 0.167. The van der Waals surface area contributed by atoms with Crippen LogP contribution in [0.25, 0.3) is 0 Å². The van der Waals surface area contributed by atoms with Gasteiger partial charge in [-0.25, -0.2) is 0 Å². The van der Waals surface area contributed by atoms with Crippen LogP contribution in [-0.4, -0.2) is 16.7 Å². The number of ether oxygens (including phenoxy) is 1. The summed E-state index contributed by atoms with van der Waals surface area (Å²) >= 11 is 18.8. The van der Waals surface area contributed by atoms with Crippen LogP contribution in [0.4, 0.5) is 11.4 Å². The first-order valence-electron chi connectivity index (χ1n) is 10.2. The van der Waals surface area contributed by atoms with E-state index in [1.54, 1.807) is 24.3 Å². The normalized spacial score (nSPS) is 23.3. The molecule has 3 aromatic rings. The minimum Gasteiger partial charge on any atom is -0.467 e. The van der Waals surface area contributed by atoms with Crippen LogP contribution in [0.3, 0.4) is 0 Å². The van der Waals surface area contributed by atoms with Gasteiger partial charge < -0.3 is 15.4 Å². The van der Waals surface area contributed by atoms with E-state index in [1.807, 2.05) is 54.3 Å². The summed E-state index contributed by atoms with van der Waals surface area (Å²) in [6.45, 7) is 1.91. The molecule has 2 aliphatic heterocycles. The number of hydrogen-bond acceptors (Lipinski definition) is 3. The number of anilines is 2. The Labute approximate surface area is 218 Å². The second-order valence-electron chi connectivity index (χ2n) is 8.05. The lowest BCUT2D eigenvalue weighted by Crippen LogP contribution is -2.72. The monoisotopic (exact) mass is 605 g/mol. The van der Waals surface area contributed by atoms with Crippen molar-refractivity contribution in [2.45, 2.75) is 18.7 Å². The summed E-state index contributed by atoms with van der Waals surface area (Å²) in [6.07, 6.45) is 0. The van der Waals surface area contributed by atoms with Crippen molar-refractivity contribution in [2.75, 3.05) is 10.2 Å². The highest BCUT2D eigenvalue weighted by Gasteiger charge is 2.59. The number of rotatable bonds is 3. The van der Waals surface area contributed by atoms with Crippen molar-refractivity contribution in [1.29, 1.82) is 0 Å². The van der Waals surface area contributed by atoms with Crippen LogP contribution in [0.15, 0.2) is 75.7 Å². The van der Waals surface area contributed by atoms with Crippen LogP contribution in [-0.2, 0) is 4.79 Å². The molecule has 0 unspecified atom stereocenters. The molecule has 33 heavy (non-hydrogen) atoms. The molecule has 5 nitrogen and oxygen atoms in total. The Morgan fingerprint density at radius 2 is 1.76 bits per heavy atom. The van der Waals surface area contributed by atoms with Gasteiger partial charge >= 0.3 is 0 Å². The smallest absolute Gasteiger partial charge is 0.236 e. The van der Waals surface area contributed by atoms with E-state index < -0.39 is 11.6 Å². The molecule has 0 saturated carbocycles. The molecule has 1 amide bonds. The van der Waals surface area contributed by atoms with Crippen LogP contribution in [0.1, 0.15) is 18.5 Å². The molecule has 3 aromatic carbocycles. The van der Waals surface area contributed by atoms with Crippen molar-refractivity contribution in [2.24, 2.45) is 5.92 Å². The topological polar surface area (TPSA) is 53.6 Å². The number of nitrogens with one attached hydrogen (secondary N) is 2. The second kappa shape index (κ2) is 8.58. The van der Waals surface area contributed by atoms with Crippen LogP contribution < -0.4 is 20.3 Å². The molecular weight excluding hydrogens is 590 g/mol. The summed E-state index contributed by atoms with van der Waals surface area (Å²) in [6, 6.07) is 20.2. The van der Waals surface area contributed by atoms with Gasteiger partial charge in [-0.1, -0.05) is 43.5 Å². The van der Waals surface area contributed by atoms with Crippen LogP contribution in [0.2, 0.25) is 5.02 Å². The van der Waals surface area contributed by atoms with Gasteiger partial charge in [-0.05, 0) is 85.9 Å². The van der Waals surface area contributed by atoms with E-state index in [9.17, 15) is 4.79 Å². The minimum atomic E-state index is -1.07. The van der Waals surface area contributed by atoms with Crippen molar-refractivity contribution in [3.63, 3.8) is 0 Å². The molecule has 3 atom stereocenters. The third-order valence-electron chi connectivity index (χ3n) is 5.94. The van der Waals surface area contributed by atoms with Gasteiger partial charge in [0, 0.05) is 30.9 Å². The Morgan fingerprint density at radius 1 is 1.09 bits per heavy atom. The number of hydrogen-bond donors (Lipinski definition) is 2. The molecule has 2 aliphatic rings. The summed E-state index contributed by atoms with van der Waals surface area (Å²) in [5, 5.41) is 7.53. The van der Waals surface area contributed by atoms with Crippen LogP contribution in [0.5, 0.6) is 5.75 Å². The van der Waals surface area contributed by atoms with Gasteiger partial charge in [0.2, 0.25) is 5.91 Å². The zero-order valence-electron chi connectivity index (χ0n) is 17.3. The fourth-order valence-corrected chi connectivity index (χ4v) is 5.67. The number of nitrogens with zero attached hydrogens (tertiary/aromatic N) is 1. The molecule has 2 N–H and O–H groups in total. The number of benzene rings is 3. The molecule has 0 radical (unpaired) electrons. The first-order valence-corrected chi connectivity index (χ1v) is 12.5. The Bertz CT molecular complexity index is 1260. The molecule has 2 heterocycles. The number of carbonyl (C=O) groups excluding carboxylic acids is 1. The number of thiocarbonyl (C=S) groups is 1. The molecule has 9 heteroatoms. The van der Waals surface area contributed by atoms with Gasteiger partial charge in [0.05, 0.1) is 6.04 Å². The molecule has 0 spiro atoms. The van der Waals surface area contributed by atoms with Crippen molar-refractivity contribution in [1.82, 2.24) is 5.32 Å². The molecular formula is C24H18Br2ClN3O2S. The lowest BCUT2D eigenvalue weighted by Gasteiger charge is -2.56. The van der Waals surface area contributed by atoms with E-state index in [0.29, 0.717) is 21.6 Å². The van der Waals surface area contributed by atoms with E-state index in [-0.39, 0.29) is 11.9 Å². The lowest BCUT2D eigenvalue weighted by atomic mass is 9.78. The van der Waals surface area contributed by atoms with Crippen molar-refractivity contribution < 1.29 is 9.53 Å². The maximum absolute atomic E-state index is 13.8. The van der Waals surface area contributed by atoms with Crippen molar-refractivity contribution in [3.8, 4) is 5.75 Å². The van der Waals surface area contributed by atoms with Gasteiger partial charge in [-0.15, -0.1) is 0 Å². The van der Waals surface area contributed by atoms with Gasteiger partial charge in [-0.2, -0.15) is 0 Å². The van der Waals surface area contributed by atoms with Gasteiger partial charge in [0.15, 0.2) is 10.8 Å². The summed E-state index contributed by atoms with van der Waals surface area (Å²) in [5.74, 6) is -0.101. The Kier molecular flexibility index (Phi) is 5.89. The molecule has 0 aromatic heterocycles. The van der Waals surface area contributed by atoms with Crippen molar-refractivity contribution in [3.05, 3.63) is 86.3 Å². The van der Waals surface area contributed by atoms with Gasteiger partial charge in [0.1, 0.15) is 11.7 Å². The average molecular weight is 608 g/mol. The summed E-state index contributed by atoms with van der Waals surface area (Å²) in [4.78, 5) is 15.6. The number of amides is 1. The minimum absolute atomic E-state index is 0.187. The van der Waals surface area contributed by atoms with E-state index in [2.05, 4.69) is 42.5 Å². The lowest BCUT2D eigenvalue weighted by molar-refractivity contribution is -0.130. The zero-order chi connectivity index (χ0) is 23.3. The molecule has 1 fully saturated rings. The number of fused-ring (bicyclic) bond motifs is 4. The number of carbonyl (C=O) groups is 1. The third kappa shape index (κ3) is 4.03. The predicted octanol–water partition coefficient (Wildman–Crippen LogP) is 6.66. The van der Waals surface area contributed by atoms with Crippen LogP contribution >= 0.6 is 55.7 Å². The maximum Gasteiger partial charge on any atom is 0.236 e. The quantitative estimate of drug-likeness (QED) is 0.326. The first-order chi connectivity index (χ1) is 15.8. The highest BCUT2D eigenvalue weighted by atomic mass is 79.9. The zero-order valence-corrected chi connectivity index (χ0v) is 22.1. The molecule has 0 aliphatic carbocycles. The third-order valence-corrected chi connectivity index (χ3v) is 7.51. The van der Waals surface area contributed by atoms with E-state index in [1.165, 1.54) is 0 Å². The highest BCUT2D eigenvalue weighted by molar-refractivity contribution is 9.10. The second-order valence-corrected chi connectivity index (χ2v) is 10.7. The maximum atomic E-state index is 13.8. The van der Waals surface area contributed by atoms with Gasteiger partial charge in [-0.3, -0.25) is 9.69 Å². The van der Waals surface area contributed by atoms with E-state index in [0.717, 1.165) is 20.2 Å². The molecule has 168 valence electrons. The largest absolute Gasteiger partial charge is 0.467 e. The van der Waals surface area contributed by atoms with Crippen LogP contribution in [0, 0.1) is 5.92 Å².